The molecule has 0 spiro atoms. The fraction of sp³-hybridized carbons (Fsp3) is 0.500. The van der Waals surface area contributed by atoms with E-state index in [9.17, 15) is 4.79 Å². The van der Waals surface area contributed by atoms with Crippen molar-refractivity contribution in [1.82, 2.24) is 5.32 Å². The Morgan fingerprint density at radius 2 is 2.00 bits per heavy atom. The van der Waals surface area contributed by atoms with Crippen molar-refractivity contribution in [3.05, 3.63) is 34.9 Å². The molecule has 1 aliphatic carbocycles. The summed E-state index contributed by atoms with van der Waals surface area (Å²) in [4.78, 5) is 11.6. The van der Waals surface area contributed by atoms with Crippen LogP contribution in [0.3, 0.4) is 0 Å². The predicted octanol–water partition coefficient (Wildman–Crippen LogP) is 2.89. The Balaban J connectivity index is 2.04. The number of amides is 1. The molecule has 0 aromatic heterocycles. The lowest BCUT2D eigenvalue weighted by atomic mass is 10.0. The van der Waals surface area contributed by atoms with E-state index in [1.54, 1.807) is 0 Å². The Kier molecular flexibility index (Phi) is 2.99. The lowest BCUT2D eigenvalue weighted by Crippen LogP contribution is -2.27. The maximum Gasteiger partial charge on any atom is 0.223 e. The van der Waals surface area contributed by atoms with Crippen molar-refractivity contribution in [2.24, 2.45) is 5.92 Å². The van der Waals surface area contributed by atoms with Gasteiger partial charge >= 0.3 is 0 Å². The first-order chi connectivity index (χ1) is 7.58. The van der Waals surface area contributed by atoms with Crippen LogP contribution < -0.4 is 5.32 Å². The number of hydrogen-bond donors (Lipinski definition) is 1. The normalized spacial score (nSPS) is 16.9. The maximum atomic E-state index is 11.6. The molecule has 0 heterocycles. The molecule has 86 valence electrons. The van der Waals surface area contributed by atoms with Gasteiger partial charge in [0.2, 0.25) is 5.91 Å². The molecule has 0 unspecified atom stereocenters. The molecule has 0 aliphatic heterocycles. The van der Waals surface area contributed by atoms with Crippen molar-refractivity contribution >= 4 is 5.91 Å². The predicted molar refractivity (Wildman–Crippen MR) is 65.2 cm³/mol. The third kappa shape index (κ3) is 2.43. The van der Waals surface area contributed by atoms with Gasteiger partial charge in [-0.15, -0.1) is 0 Å². The summed E-state index contributed by atoms with van der Waals surface area (Å²) in [6, 6.07) is 6.49. The van der Waals surface area contributed by atoms with E-state index in [4.69, 9.17) is 0 Å². The zero-order valence-electron chi connectivity index (χ0n) is 10.2. The van der Waals surface area contributed by atoms with Crippen LogP contribution in [0.1, 0.15) is 42.5 Å². The molecule has 16 heavy (non-hydrogen) atoms. The number of carbonyl (C=O) groups is 1. The molecular formula is C14H19NO. The largest absolute Gasteiger partial charge is 0.349 e. The summed E-state index contributed by atoms with van der Waals surface area (Å²) >= 11 is 0. The van der Waals surface area contributed by atoms with Crippen LogP contribution in [-0.4, -0.2) is 5.91 Å². The molecule has 0 saturated heterocycles. The zero-order chi connectivity index (χ0) is 11.7. The fourth-order valence-corrected chi connectivity index (χ4v) is 1.79. The second kappa shape index (κ2) is 4.28. The molecule has 1 aliphatic rings. The average molecular weight is 217 g/mol. The van der Waals surface area contributed by atoms with E-state index < -0.39 is 0 Å². The molecular weight excluding hydrogens is 198 g/mol. The summed E-state index contributed by atoms with van der Waals surface area (Å²) in [5.41, 5.74) is 3.77. The van der Waals surface area contributed by atoms with E-state index in [0.717, 1.165) is 12.8 Å². The van der Waals surface area contributed by atoms with Gasteiger partial charge in [-0.2, -0.15) is 0 Å². The topological polar surface area (TPSA) is 29.1 Å². The Hall–Kier alpha value is -1.31. The number of nitrogens with one attached hydrogen (secondary N) is 1. The fourth-order valence-electron chi connectivity index (χ4n) is 1.79. The van der Waals surface area contributed by atoms with Gasteiger partial charge in [-0.3, -0.25) is 4.79 Å². The van der Waals surface area contributed by atoms with Crippen molar-refractivity contribution in [1.29, 1.82) is 0 Å². The SMILES string of the molecule is Cc1ccc([C@H](C)NC(=O)C2CC2)cc1C. The maximum absolute atomic E-state index is 11.6. The number of rotatable bonds is 3. The lowest BCUT2D eigenvalue weighted by molar-refractivity contribution is -0.122. The molecule has 1 fully saturated rings. The van der Waals surface area contributed by atoms with E-state index in [-0.39, 0.29) is 17.9 Å². The van der Waals surface area contributed by atoms with Crippen LogP contribution in [0.15, 0.2) is 18.2 Å². The van der Waals surface area contributed by atoms with Crippen molar-refractivity contribution in [2.45, 2.75) is 39.7 Å². The quantitative estimate of drug-likeness (QED) is 0.828. The standard InChI is InChI=1S/C14H19NO/c1-9-4-5-13(8-10(9)2)11(3)15-14(16)12-6-7-12/h4-5,8,11-12H,6-7H2,1-3H3,(H,15,16)/t11-/m0/s1. The third-order valence-electron chi connectivity index (χ3n) is 3.34. The molecule has 1 amide bonds. The van der Waals surface area contributed by atoms with Crippen LogP contribution in [0.2, 0.25) is 0 Å². The van der Waals surface area contributed by atoms with Crippen molar-refractivity contribution < 1.29 is 4.79 Å². The van der Waals surface area contributed by atoms with Crippen LogP contribution in [0.25, 0.3) is 0 Å². The molecule has 2 nitrogen and oxygen atoms in total. The van der Waals surface area contributed by atoms with Gasteiger partial charge in [-0.25, -0.2) is 0 Å². The van der Waals surface area contributed by atoms with Crippen molar-refractivity contribution in [3.63, 3.8) is 0 Å². The third-order valence-corrected chi connectivity index (χ3v) is 3.34. The van der Waals surface area contributed by atoms with E-state index in [0.29, 0.717) is 0 Å². The summed E-state index contributed by atoms with van der Waals surface area (Å²) in [6.07, 6.45) is 2.12. The Labute approximate surface area is 97.1 Å². The summed E-state index contributed by atoms with van der Waals surface area (Å²) < 4.78 is 0. The van der Waals surface area contributed by atoms with Gasteiger partial charge in [0.1, 0.15) is 0 Å². The minimum Gasteiger partial charge on any atom is -0.349 e. The van der Waals surface area contributed by atoms with E-state index in [2.05, 4.69) is 37.4 Å². The van der Waals surface area contributed by atoms with Gasteiger partial charge in [0.05, 0.1) is 6.04 Å². The van der Waals surface area contributed by atoms with Crippen molar-refractivity contribution in [3.8, 4) is 0 Å². The highest BCUT2D eigenvalue weighted by Crippen LogP contribution is 2.29. The zero-order valence-corrected chi connectivity index (χ0v) is 10.2. The highest BCUT2D eigenvalue weighted by Gasteiger charge is 2.30. The smallest absolute Gasteiger partial charge is 0.223 e. The van der Waals surface area contributed by atoms with Crippen LogP contribution in [-0.2, 0) is 4.79 Å². The lowest BCUT2D eigenvalue weighted by Gasteiger charge is -2.15. The number of carbonyl (C=O) groups excluding carboxylic acids is 1. The first kappa shape index (κ1) is 11.2. The first-order valence-corrected chi connectivity index (χ1v) is 5.95. The molecule has 2 heteroatoms. The van der Waals surface area contributed by atoms with E-state index >= 15 is 0 Å². The molecule has 1 atom stereocenters. The molecule has 2 rings (SSSR count). The second-order valence-corrected chi connectivity index (χ2v) is 4.85. The van der Waals surface area contributed by atoms with Gasteiger partial charge in [-0.1, -0.05) is 18.2 Å². The molecule has 1 saturated carbocycles. The van der Waals surface area contributed by atoms with Crippen LogP contribution in [0, 0.1) is 19.8 Å². The minimum atomic E-state index is 0.118. The Morgan fingerprint density at radius 3 is 2.56 bits per heavy atom. The van der Waals surface area contributed by atoms with Gasteiger partial charge in [0, 0.05) is 5.92 Å². The summed E-state index contributed by atoms with van der Waals surface area (Å²) in [6.45, 7) is 6.26. The summed E-state index contributed by atoms with van der Waals surface area (Å²) in [5.74, 6) is 0.500. The van der Waals surface area contributed by atoms with Crippen LogP contribution in [0.5, 0.6) is 0 Å². The monoisotopic (exact) mass is 217 g/mol. The summed E-state index contributed by atoms with van der Waals surface area (Å²) in [5, 5.41) is 3.07. The number of hydrogen-bond acceptors (Lipinski definition) is 1. The molecule has 1 aromatic rings. The highest BCUT2D eigenvalue weighted by molar-refractivity contribution is 5.81. The molecule has 0 radical (unpaired) electrons. The Bertz CT molecular complexity index is 407. The van der Waals surface area contributed by atoms with Crippen LogP contribution in [0.4, 0.5) is 0 Å². The first-order valence-electron chi connectivity index (χ1n) is 5.95. The van der Waals surface area contributed by atoms with E-state index in [1.807, 2.05) is 6.92 Å². The van der Waals surface area contributed by atoms with Gasteiger partial charge in [-0.05, 0) is 50.3 Å². The second-order valence-electron chi connectivity index (χ2n) is 4.85. The van der Waals surface area contributed by atoms with Gasteiger partial charge < -0.3 is 5.32 Å². The van der Waals surface area contributed by atoms with Crippen LogP contribution >= 0.6 is 0 Å². The van der Waals surface area contributed by atoms with E-state index in [1.165, 1.54) is 16.7 Å². The van der Waals surface area contributed by atoms with Gasteiger partial charge in [0.25, 0.3) is 0 Å². The van der Waals surface area contributed by atoms with Gasteiger partial charge in [0.15, 0.2) is 0 Å². The molecule has 1 N–H and O–H groups in total. The van der Waals surface area contributed by atoms with Crippen molar-refractivity contribution in [2.75, 3.05) is 0 Å². The Morgan fingerprint density at radius 1 is 1.31 bits per heavy atom. The average Bonchev–Trinajstić information content (AvgIpc) is 3.05. The molecule has 0 bridgehead atoms. The summed E-state index contributed by atoms with van der Waals surface area (Å²) in [7, 11) is 0. The number of aryl methyl sites for hydroxylation is 2. The minimum absolute atomic E-state index is 0.118. The highest BCUT2D eigenvalue weighted by atomic mass is 16.2. The number of benzene rings is 1. The molecule has 1 aromatic carbocycles.